The molecule has 0 saturated carbocycles. The van der Waals surface area contributed by atoms with Crippen molar-refractivity contribution in [3.63, 3.8) is 0 Å². The Balaban J connectivity index is 1.49. The Morgan fingerprint density at radius 2 is 1.79 bits per heavy atom. The summed E-state index contributed by atoms with van der Waals surface area (Å²) in [4.78, 5) is 7.48. The van der Waals surface area contributed by atoms with Crippen LogP contribution in [0.5, 0.6) is 0 Å². The van der Waals surface area contributed by atoms with Gasteiger partial charge in [0.05, 0.1) is 11.4 Å². The van der Waals surface area contributed by atoms with E-state index in [0.717, 1.165) is 54.5 Å². The molecule has 3 aromatic carbocycles. The molecule has 1 saturated heterocycles. The molecule has 3 aromatic rings. The van der Waals surface area contributed by atoms with Gasteiger partial charge in [-0.15, -0.1) is 0 Å². The highest BCUT2D eigenvalue weighted by Crippen LogP contribution is 2.36. The number of nitrogens with one attached hydrogen (secondary N) is 2. The normalized spacial score (nSPS) is 18.2. The van der Waals surface area contributed by atoms with Gasteiger partial charge in [-0.25, -0.2) is 4.99 Å². The van der Waals surface area contributed by atoms with E-state index in [4.69, 9.17) is 16.6 Å². The number of anilines is 2. The highest BCUT2D eigenvalue weighted by Gasteiger charge is 2.26. The number of amidine groups is 1. The van der Waals surface area contributed by atoms with Crippen LogP contribution in [0.15, 0.2) is 77.8 Å². The minimum absolute atomic E-state index is 0.385. The minimum Gasteiger partial charge on any atom is -0.353 e. The Morgan fingerprint density at radius 3 is 2.69 bits per heavy atom. The zero-order chi connectivity index (χ0) is 19.6. The number of piperazine rings is 1. The maximum Gasteiger partial charge on any atom is 0.138 e. The number of benzene rings is 3. The van der Waals surface area contributed by atoms with Gasteiger partial charge in [0.1, 0.15) is 5.84 Å². The Labute approximate surface area is 176 Å². The third-order valence-corrected chi connectivity index (χ3v) is 5.74. The second kappa shape index (κ2) is 7.90. The summed E-state index contributed by atoms with van der Waals surface area (Å²) in [6.07, 6.45) is 1.01. The summed E-state index contributed by atoms with van der Waals surface area (Å²) in [6.45, 7) is 2.78. The number of rotatable bonds is 2. The largest absolute Gasteiger partial charge is 0.353 e. The lowest BCUT2D eigenvalue weighted by molar-refractivity contribution is 0.290. The number of para-hydroxylation sites is 1. The molecule has 29 heavy (non-hydrogen) atoms. The third-order valence-electron chi connectivity index (χ3n) is 5.50. The first-order valence-corrected chi connectivity index (χ1v) is 10.4. The lowest BCUT2D eigenvalue weighted by Gasteiger charge is -2.36. The fourth-order valence-corrected chi connectivity index (χ4v) is 4.27. The first-order chi connectivity index (χ1) is 14.3. The molecule has 0 amide bonds. The van der Waals surface area contributed by atoms with E-state index in [1.54, 1.807) is 0 Å². The van der Waals surface area contributed by atoms with E-state index < -0.39 is 0 Å². The first-order valence-electron chi connectivity index (χ1n) is 10.0. The third kappa shape index (κ3) is 3.86. The lowest BCUT2D eigenvalue weighted by atomic mass is 10.0. The number of fused-ring (bicyclic) bond motifs is 2. The van der Waals surface area contributed by atoms with Gasteiger partial charge in [0.25, 0.3) is 0 Å². The predicted octanol–water partition coefficient (Wildman–Crippen LogP) is 4.99. The number of nitrogens with zero attached hydrogens (tertiary/aromatic N) is 2. The number of hydrogen-bond donors (Lipinski definition) is 2. The summed E-state index contributed by atoms with van der Waals surface area (Å²) in [7, 11) is 0. The molecule has 0 aromatic heterocycles. The van der Waals surface area contributed by atoms with Crippen LogP contribution in [0, 0.1) is 0 Å². The van der Waals surface area contributed by atoms with Crippen LogP contribution in [0.1, 0.15) is 11.1 Å². The van der Waals surface area contributed by atoms with Crippen molar-refractivity contribution in [2.45, 2.75) is 12.5 Å². The maximum absolute atomic E-state index is 6.27. The summed E-state index contributed by atoms with van der Waals surface area (Å²) in [5, 5.41) is 7.90. The topological polar surface area (TPSA) is 39.7 Å². The van der Waals surface area contributed by atoms with Crippen LogP contribution in [0.4, 0.5) is 17.1 Å². The summed E-state index contributed by atoms with van der Waals surface area (Å²) in [5.74, 6) is 1.01. The molecule has 4 nitrogen and oxygen atoms in total. The van der Waals surface area contributed by atoms with Crippen LogP contribution >= 0.6 is 11.6 Å². The smallest absolute Gasteiger partial charge is 0.138 e. The molecule has 0 bridgehead atoms. The fraction of sp³-hybridized carbons (Fsp3) is 0.208. The van der Waals surface area contributed by atoms with Gasteiger partial charge in [-0.1, -0.05) is 54.1 Å². The fourth-order valence-electron chi connectivity index (χ4n) is 4.10. The number of hydrogen-bond acceptors (Lipinski definition) is 4. The molecule has 2 aliphatic rings. The van der Waals surface area contributed by atoms with Gasteiger partial charge in [0.2, 0.25) is 0 Å². The van der Waals surface area contributed by atoms with Crippen LogP contribution in [0.2, 0.25) is 5.02 Å². The van der Waals surface area contributed by atoms with E-state index in [9.17, 15) is 0 Å². The Bertz CT molecular complexity index is 1050. The molecular weight excluding hydrogens is 380 g/mol. The van der Waals surface area contributed by atoms with E-state index in [0.29, 0.717) is 11.1 Å². The second-order valence-corrected chi connectivity index (χ2v) is 7.99. The maximum atomic E-state index is 6.27. The standard InChI is InChI=1S/C24H23ClN4/c25-18-10-11-22-23(15-18)28-24(20-8-4-5-9-21(20)27-22)29-13-12-26-19(16-29)14-17-6-2-1-3-7-17/h1-11,15,19,26-27H,12-14,16H2/t19-/m0/s1. The zero-order valence-electron chi connectivity index (χ0n) is 16.1. The highest BCUT2D eigenvalue weighted by molar-refractivity contribution is 6.31. The molecular formula is C24H23ClN4. The van der Waals surface area contributed by atoms with Crippen molar-refractivity contribution in [2.75, 3.05) is 25.0 Å². The zero-order valence-corrected chi connectivity index (χ0v) is 16.9. The van der Waals surface area contributed by atoms with E-state index in [2.05, 4.69) is 70.1 Å². The van der Waals surface area contributed by atoms with Crippen LogP contribution < -0.4 is 10.6 Å². The molecule has 1 atom stereocenters. The second-order valence-electron chi connectivity index (χ2n) is 7.55. The molecule has 146 valence electrons. The Kier molecular flexibility index (Phi) is 4.96. The van der Waals surface area contributed by atoms with Gasteiger partial charge in [-0.2, -0.15) is 0 Å². The van der Waals surface area contributed by atoms with Crippen molar-refractivity contribution < 1.29 is 0 Å². The Morgan fingerprint density at radius 1 is 0.966 bits per heavy atom. The number of aliphatic imine (C=N–C) groups is 1. The van der Waals surface area contributed by atoms with Crippen molar-refractivity contribution in [3.8, 4) is 0 Å². The SMILES string of the molecule is Clc1ccc2c(c1)N=C(N1CCN[C@@H](Cc3ccccc3)C1)c1ccccc1N2. The van der Waals surface area contributed by atoms with Gasteiger partial charge in [0.15, 0.2) is 0 Å². The van der Waals surface area contributed by atoms with Crippen molar-refractivity contribution in [1.29, 1.82) is 0 Å². The summed E-state index contributed by atoms with van der Waals surface area (Å²) >= 11 is 6.27. The van der Waals surface area contributed by atoms with Crippen LogP contribution in [-0.4, -0.2) is 36.4 Å². The molecule has 0 aliphatic carbocycles. The number of halogens is 1. The minimum atomic E-state index is 0.385. The van der Waals surface area contributed by atoms with Crippen LogP contribution in [0.3, 0.4) is 0 Å². The summed E-state index contributed by atoms with van der Waals surface area (Å²) in [5.41, 5.74) is 5.41. The molecule has 0 unspecified atom stereocenters. The van der Waals surface area contributed by atoms with Crippen LogP contribution in [-0.2, 0) is 6.42 Å². The van der Waals surface area contributed by atoms with E-state index in [1.165, 1.54) is 5.56 Å². The molecule has 5 rings (SSSR count). The molecule has 2 N–H and O–H groups in total. The molecule has 2 aliphatic heterocycles. The van der Waals surface area contributed by atoms with Crippen molar-refractivity contribution in [1.82, 2.24) is 10.2 Å². The molecule has 2 heterocycles. The highest BCUT2D eigenvalue weighted by atomic mass is 35.5. The van der Waals surface area contributed by atoms with Crippen molar-refractivity contribution in [3.05, 3.63) is 88.9 Å². The Hall–Kier alpha value is -2.82. The average molecular weight is 403 g/mol. The molecule has 0 spiro atoms. The summed E-state index contributed by atoms with van der Waals surface area (Å²) in [6, 6.07) is 25.3. The van der Waals surface area contributed by atoms with Crippen molar-refractivity contribution in [2.24, 2.45) is 4.99 Å². The summed E-state index contributed by atoms with van der Waals surface area (Å²) < 4.78 is 0. The lowest BCUT2D eigenvalue weighted by Crippen LogP contribution is -2.53. The molecule has 5 heteroatoms. The first kappa shape index (κ1) is 18.2. The predicted molar refractivity (Wildman–Crippen MR) is 121 cm³/mol. The van der Waals surface area contributed by atoms with Crippen molar-refractivity contribution >= 4 is 34.5 Å². The van der Waals surface area contributed by atoms with E-state index in [-0.39, 0.29) is 0 Å². The monoisotopic (exact) mass is 402 g/mol. The van der Waals surface area contributed by atoms with Gasteiger partial charge < -0.3 is 15.5 Å². The van der Waals surface area contributed by atoms with Gasteiger partial charge in [-0.05, 0) is 42.3 Å². The van der Waals surface area contributed by atoms with Crippen LogP contribution in [0.25, 0.3) is 0 Å². The van der Waals surface area contributed by atoms with E-state index >= 15 is 0 Å². The average Bonchev–Trinajstić information content (AvgIpc) is 2.91. The molecule has 1 fully saturated rings. The molecule has 0 radical (unpaired) electrons. The van der Waals surface area contributed by atoms with Gasteiger partial charge >= 0.3 is 0 Å². The quantitative estimate of drug-likeness (QED) is 0.634. The van der Waals surface area contributed by atoms with E-state index in [1.807, 2.05) is 18.2 Å². The van der Waals surface area contributed by atoms with Gasteiger partial charge in [0, 0.05) is 41.9 Å². The van der Waals surface area contributed by atoms with Gasteiger partial charge in [-0.3, -0.25) is 0 Å².